The van der Waals surface area contributed by atoms with Crippen molar-refractivity contribution in [3.05, 3.63) is 42.5 Å². The van der Waals surface area contributed by atoms with Crippen LogP contribution in [0, 0.1) is 5.92 Å². The van der Waals surface area contributed by atoms with Crippen molar-refractivity contribution in [1.82, 2.24) is 14.8 Å². The van der Waals surface area contributed by atoms with Crippen molar-refractivity contribution in [3.63, 3.8) is 0 Å². The maximum Gasteiger partial charge on any atom is 0.224 e. The van der Waals surface area contributed by atoms with Crippen LogP contribution in [0.1, 0.15) is 31.2 Å². The van der Waals surface area contributed by atoms with E-state index in [1.165, 1.54) is 0 Å². The van der Waals surface area contributed by atoms with Gasteiger partial charge in [-0.1, -0.05) is 6.42 Å². The highest BCUT2D eigenvalue weighted by Gasteiger charge is 2.26. The number of anilines is 1. The monoisotopic (exact) mass is 299 g/mol. The Balaban J connectivity index is 1.54. The van der Waals surface area contributed by atoms with E-state index in [0.717, 1.165) is 30.5 Å². The molecule has 22 heavy (non-hydrogen) atoms. The van der Waals surface area contributed by atoms with E-state index in [1.807, 2.05) is 18.3 Å². The molecule has 3 N–H and O–H groups in total. The third-order valence-electron chi connectivity index (χ3n) is 4.18. The first-order valence-corrected chi connectivity index (χ1v) is 7.67. The van der Waals surface area contributed by atoms with Gasteiger partial charge in [0.25, 0.3) is 0 Å². The van der Waals surface area contributed by atoms with Gasteiger partial charge in [0.2, 0.25) is 5.91 Å². The average molecular weight is 299 g/mol. The lowest BCUT2D eigenvalue weighted by molar-refractivity contribution is -0.117. The summed E-state index contributed by atoms with van der Waals surface area (Å²) in [5, 5.41) is 7.17. The number of carbonyl (C=O) groups excluding carboxylic acids is 1. The molecule has 0 saturated heterocycles. The van der Waals surface area contributed by atoms with Crippen LogP contribution in [0.15, 0.2) is 36.9 Å². The van der Waals surface area contributed by atoms with Gasteiger partial charge in [-0.3, -0.25) is 14.5 Å². The van der Waals surface area contributed by atoms with Crippen LogP contribution >= 0.6 is 0 Å². The third kappa shape index (κ3) is 3.71. The highest BCUT2D eigenvalue weighted by atomic mass is 16.1. The lowest BCUT2D eigenvalue weighted by Gasteiger charge is -2.14. The fourth-order valence-electron chi connectivity index (χ4n) is 2.96. The Kier molecular flexibility index (Phi) is 4.48. The van der Waals surface area contributed by atoms with E-state index in [1.54, 1.807) is 23.3 Å². The number of pyridine rings is 1. The first kappa shape index (κ1) is 14.7. The van der Waals surface area contributed by atoms with Crippen LogP contribution in [0.4, 0.5) is 5.69 Å². The molecule has 0 bridgehead atoms. The van der Waals surface area contributed by atoms with E-state index in [4.69, 9.17) is 5.73 Å². The SMILES string of the molecule is N[C@@H]1CCC[C@H]1CC(=O)Nc1cnn(Cc2ccncc2)c1. The number of nitrogens with one attached hydrogen (secondary N) is 1. The van der Waals surface area contributed by atoms with Crippen molar-refractivity contribution in [2.45, 2.75) is 38.3 Å². The molecule has 0 aliphatic heterocycles. The number of aromatic nitrogens is 3. The number of hydrogen-bond acceptors (Lipinski definition) is 4. The summed E-state index contributed by atoms with van der Waals surface area (Å²) in [6.07, 6.45) is 10.7. The molecule has 2 aromatic rings. The Morgan fingerprint density at radius 2 is 2.18 bits per heavy atom. The Bertz CT molecular complexity index is 624. The lowest BCUT2D eigenvalue weighted by atomic mass is 10.00. The highest BCUT2D eigenvalue weighted by molar-refractivity contribution is 5.90. The second-order valence-corrected chi connectivity index (χ2v) is 5.89. The summed E-state index contributed by atoms with van der Waals surface area (Å²) in [6, 6.07) is 4.06. The Morgan fingerprint density at radius 1 is 1.36 bits per heavy atom. The molecule has 1 amide bonds. The molecule has 2 heterocycles. The zero-order valence-electron chi connectivity index (χ0n) is 12.5. The van der Waals surface area contributed by atoms with Crippen LogP contribution in [0.2, 0.25) is 0 Å². The van der Waals surface area contributed by atoms with Crippen LogP contribution in [-0.2, 0) is 11.3 Å². The number of carbonyl (C=O) groups is 1. The van der Waals surface area contributed by atoms with Gasteiger partial charge in [0.05, 0.1) is 18.4 Å². The molecule has 0 radical (unpaired) electrons. The van der Waals surface area contributed by atoms with Gasteiger partial charge >= 0.3 is 0 Å². The zero-order chi connectivity index (χ0) is 15.4. The second-order valence-electron chi connectivity index (χ2n) is 5.89. The molecule has 0 aromatic carbocycles. The molecule has 1 aliphatic rings. The van der Waals surface area contributed by atoms with Crippen molar-refractivity contribution in [2.75, 3.05) is 5.32 Å². The molecular weight excluding hydrogens is 278 g/mol. The molecule has 2 aromatic heterocycles. The Labute approximate surface area is 129 Å². The lowest BCUT2D eigenvalue weighted by Crippen LogP contribution is -2.28. The van der Waals surface area contributed by atoms with Gasteiger partial charge in [-0.2, -0.15) is 5.10 Å². The summed E-state index contributed by atoms with van der Waals surface area (Å²) in [5.74, 6) is 0.331. The van der Waals surface area contributed by atoms with Crippen LogP contribution in [0.3, 0.4) is 0 Å². The number of hydrogen-bond donors (Lipinski definition) is 2. The van der Waals surface area contributed by atoms with E-state index in [9.17, 15) is 4.79 Å². The van der Waals surface area contributed by atoms with Crippen molar-refractivity contribution in [1.29, 1.82) is 0 Å². The van der Waals surface area contributed by atoms with Crippen LogP contribution in [0.5, 0.6) is 0 Å². The summed E-state index contributed by atoms with van der Waals surface area (Å²) >= 11 is 0. The van der Waals surface area contributed by atoms with E-state index in [2.05, 4.69) is 15.4 Å². The molecule has 6 nitrogen and oxygen atoms in total. The molecule has 3 rings (SSSR count). The molecule has 2 atom stereocenters. The van der Waals surface area contributed by atoms with E-state index >= 15 is 0 Å². The number of amides is 1. The quantitative estimate of drug-likeness (QED) is 0.881. The predicted molar refractivity (Wildman–Crippen MR) is 84.1 cm³/mol. The van der Waals surface area contributed by atoms with E-state index in [-0.39, 0.29) is 11.9 Å². The maximum atomic E-state index is 12.1. The second kappa shape index (κ2) is 6.70. The molecule has 1 saturated carbocycles. The Morgan fingerprint density at radius 3 is 2.91 bits per heavy atom. The minimum Gasteiger partial charge on any atom is -0.327 e. The van der Waals surface area contributed by atoms with Crippen LogP contribution in [0.25, 0.3) is 0 Å². The average Bonchev–Trinajstić information content (AvgIpc) is 3.10. The summed E-state index contributed by atoms with van der Waals surface area (Å²) in [7, 11) is 0. The van der Waals surface area contributed by atoms with Crippen LogP contribution in [-0.4, -0.2) is 26.7 Å². The molecule has 1 aliphatic carbocycles. The predicted octanol–water partition coefficient (Wildman–Crippen LogP) is 1.78. The van der Waals surface area contributed by atoms with E-state index in [0.29, 0.717) is 18.9 Å². The molecule has 6 heteroatoms. The normalized spacial score (nSPS) is 21.0. The van der Waals surface area contributed by atoms with Crippen LogP contribution < -0.4 is 11.1 Å². The molecular formula is C16H21N5O. The van der Waals surface area contributed by atoms with Crippen molar-refractivity contribution in [3.8, 4) is 0 Å². The maximum absolute atomic E-state index is 12.1. The number of rotatable bonds is 5. The minimum atomic E-state index is 0.0193. The first-order chi connectivity index (χ1) is 10.7. The minimum absolute atomic E-state index is 0.0193. The van der Waals surface area contributed by atoms with Crippen molar-refractivity contribution in [2.24, 2.45) is 11.7 Å². The van der Waals surface area contributed by atoms with Gasteiger partial charge in [0.15, 0.2) is 0 Å². The van der Waals surface area contributed by atoms with Gasteiger partial charge in [-0.15, -0.1) is 0 Å². The van der Waals surface area contributed by atoms with Gasteiger partial charge in [-0.25, -0.2) is 0 Å². The van der Waals surface area contributed by atoms with Crippen molar-refractivity contribution < 1.29 is 4.79 Å². The molecule has 116 valence electrons. The van der Waals surface area contributed by atoms with Gasteiger partial charge < -0.3 is 11.1 Å². The molecule has 1 fully saturated rings. The topological polar surface area (TPSA) is 85.8 Å². The number of nitrogens with two attached hydrogens (primary N) is 1. The standard InChI is InChI=1S/C16H21N5O/c17-15-3-1-2-13(15)8-16(22)20-14-9-19-21(11-14)10-12-4-6-18-7-5-12/h4-7,9,11,13,15H,1-3,8,10,17H2,(H,20,22)/t13-,15+/m0/s1. The summed E-state index contributed by atoms with van der Waals surface area (Å²) in [6.45, 7) is 0.659. The molecule has 0 unspecified atom stereocenters. The van der Waals surface area contributed by atoms with Gasteiger partial charge in [0, 0.05) is 31.1 Å². The first-order valence-electron chi connectivity index (χ1n) is 7.67. The number of nitrogens with zero attached hydrogens (tertiary/aromatic N) is 3. The third-order valence-corrected chi connectivity index (χ3v) is 4.18. The largest absolute Gasteiger partial charge is 0.327 e. The fourth-order valence-corrected chi connectivity index (χ4v) is 2.96. The van der Waals surface area contributed by atoms with E-state index < -0.39 is 0 Å². The fraction of sp³-hybridized carbons (Fsp3) is 0.438. The van der Waals surface area contributed by atoms with Gasteiger partial charge in [-0.05, 0) is 36.5 Å². The highest BCUT2D eigenvalue weighted by Crippen LogP contribution is 2.27. The zero-order valence-corrected chi connectivity index (χ0v) is 12.5. The van der Waals surface area contributed by atoms with Crippen molar-refractivity contribution >= 4 is 11.6 Å². The van der Waals surface area contributed by atoms with Gasteiger partial charge in [0.1, 0.15) is 0 Å². The summed E-state index contributed by atoms with van der Waals surface area (Å²) in [4.78, 5) is 16.1. The molecule has 0 spiro atoms. The summed E-state index contributed by atoms with van der Waals surface area (Å²) in [5.41, 5.74) is 7.86. The Hall–Kier alpha value is -2.21. The summed E-state index contributed by atoms with van der Waals surface area (Å²) < 4.78 is 1.80. The smallest absolute Gasteiger partial charge is 0.224 e.